The maximum absolute atomic E-state index is 12.7. The van der Waals surface area contributed by atoms with Crippen molar-refractivity contribution >= 4 is 15.8 Å². The Morgan fingerprint density at radius 2 is 1.88 bits per heavy atom. The number of aryl methyl sites for hydroxylation is 1. The smallest absolute Gasteiger partial charge is 0.243 e. The lowest BCUT2D eigenvalue weighted by Gasteiger charge is -2.47. The number of ketones is 1. The highest BCUT2D eigenvalue weighted by Crippen LogP contribution is 2.37. The molecule has 7 nitrogen and oxygen atoms in total. The third kappa shape index (κ3) is 2.56. The fourth-order valence-corrected chi connectivity index (χ4v) is 4.41. The van der Waals surface area contributed by atoms with E-state index in [1.807, 2.05) is 11.6 Å². The van der Waals surface area contributed by atoms with Crippen LogP contribution in [0.3, 0.4) is 0 Å². The molecule has 3 rings (SSSR count). The zero-order valence-electron chi connectivity index (χ0n) is 13.8. The molecule has 0 unspecified atom stereocenters. The molecule has 1 aromatic carbocycles. The van der Waals surface area contributed by atoms with Crippen LogP contribution in [0, 0.1) is 0 Å². The van der Waals surface area contributed by atoms with Gasteiger partial charge in [0.15, 0.2) is 11.4 Å². The van der Waals surface area contributed by atoms with Crippen LogP contribution in [-0.4, -0.2) is 48.3 Å². The normalized spacial score (nSPS) is 17.5. The summed E-state index contributed by atoms with van der Waals surface area (Å²) in [5.74, 6) is 0.597. The molecule has 1 aliphatic heterocycles. The molecule has 24 heavy (non-hydrogen) atoms. The van der Waals surface area contributed by atoms with Gasteiger partial charge in [-0.1, -0.05) is 12.1 Å². The average Bonchev–Trinajstić information content (AvgIpc) is 2.93. The van der Waals surface area contributed by atoms with Crippen LogP contribution in [-0.2, 0) is 27.4 Å². The first-order valence-corrected chi connectivity index (χ1v) is 8.88. The van der Waals surface area contributed by atoms with E-state index in [9.17, 15) is 13.2 Å². The van der Waals surface area contributed by atoms with Crippen molar-refractivity contribution in [3.05, 3.63) is 48.0 Å². The van der Waals surface area contributed by atoms with E-state index in [0.29, 0.717) is 11.4 Å². The number of aromatic nitrogens is 2. The number of hydrogen-bond donors (Lipinski definition) is 0. The van der Waals surface area contributed by atoms with Gasteiger partial charge in [-0.05, 0) is 19.1 Å². The number of carbonyl (C=O) groups excluding carboxylic acids is 1. The summed E-state index contributed by atoms with van der Waals surface area (Å²) in [5.41, 5.74) is -0.248. The van der Waals surface area contributed by atoms with E-state index in [0.717, 1.165) is 0 Å². The Morgan fingerprint density at radius 1 is 1.25 bits per heavy atom. The number of hydrogen-bond acceptors (Lipinski definition) is 5. The second kappa shape index (κ2) is 5.80. The highest BCUT2D eigenvalue weighted by molar-refractivity contribution is 7.89. The summed E-state index contributed by atoms with van der Waals surface area (Å²) < 4.78 is 34.2. The van der Waals surface area contributed by atoms with Crippen LogP contribution in [0.4, 0.5) is 0 Å². The van der Waals surface area contributed by atoms with Gasteiger partial charge in [-0.25, -0.2) is 13.4 Å². The molecular weight excluding hydrogens is 330 g/mol. The number of imidazole rings is 1. The highest BCUT2D eigenvalue weighted by atomic mass is 32.2. The third-order valence-electron chi connectivity index (χ3n) is 4.38. The molecule has 0 N–H and O–H groups in total. The fraction of sp³-hybridized carbons (Fsp3) is 0.375. The molecule has 1 fully saturated rings. The minimum Gasteiger partial charge on any atom is -0.367 e. The summed E-state index contributed by atoms with van der Waals surface area (Å²) in [6.45, 7) is 1.84. The molecule has 8 heteroatoms. The number of carbonyl (C=O) groups is 1. The van der Waals surface area contributed by atoms with Gasteiger partial charge in [0.05, 0.1) is 18.0 Å². The second-order valence-corrected chi connectivity index (χ2v) is 7.85. The first kappa shape index (κ1) is 16.8. The van der Waals surface area contributed by atoms with E-state index < -0.39 is 15.6 Å². The Hall–Kier alpha value is -2.03. The van der Waals surface area contributed by atoms with Gasteiger partial charge in [-0.15, -0.1) is 0 Å². The van der Waals surface area contributed by atoms with E-state index in [1.165, 1.54) is 35.5 Å². The summed E-state index contributed by atoms with van der Waals surface area (Å²) in [4.78, 5) is 15.8. The van der Waals surface area contributed by atoms with Gasteiger partial charge in [0.2, 0.25) is 10.0 Å². The quantitative estimate of drug-likeness (QED) is 0.757. The molecule has 1 aliphatic rings. The molecule has 0 aliphatic carbocycles. The Balaban J connectivity index is 1.83. The lowest BCUT2D eigenvalue weighted by Crippen LogP contribution is -2.62. The van der Waals surface area contributed by atoms with Gasteiger partial charge in [0, 0.05) is 32.1 Å². The molecule has 0 atom stereocenters. The maximum atomic E-state index is 12.7. The molecule has 0 bridgehead atoms. The number of sulfonamides is 1. The summed E-state index contributed by atoms with van der Waals surface area (Å²) in [7, 11) is -0.221. The lowest BCUT2D eigenvalue weighted by atomic mass is 9.95. The molecule has 1 saturated heterocycles. The molecule has 128 valence electrons. The van der Waals surface area contributed by atoms with Crippen molar-refractivity contribution in [1.82, 2.24) is 13.9 Å². The van der Waals surface area contributed by atoms with Crippen molar-refractivity contribution in [3.63, 3.8) is 0 Å². The molecule has 0 spiro atoms. The van der Waals surface area contributed by atoms with Crippen molar-refractivity contribution in [2.45, 2.75) is 17.4 Å². The molecule has 1 aromatic heterocycles. The Labute approximate surface area is 140 Å². The lowest BCUT2D eigenvalue weighted by molar-refractivity contribution is -0.106. The van der Waals surface area contributed by atoms with E-state index in [1.54, 1.807) is 19.5 Å². The third-order valence-corrected chi connectivity index (χ3v) is 6.19. The summed E-state index contributed by atoms with van der Waals surface area (Å²) in [6.07, 6.45) is 3.46. The SMILES string of the molecule is COC1(c2nccn2C)CN(S(=O)(=O)c2ccc(C(C)=O)cc2)C1. The average molecular weight is 349 g/mol. The van der Waals surface area contributed by atoms with E-state index in [4.69, 9.17) is 4.74 Å². The Morgan fingerprint density at radius 3 is 2.33 bits per heavy atom. The van der Waals surface area contributed by atoms with Gasteiger partial charge in [0.25, 0.3) is 0 Å². The second-order valence-electron chi connectivity index (χ2n) is 5.91. The zero-order valence-corrected chi connectivity index (χ0v) is 14.6. The number of benzene rings is 1. The van der Waals surface area contributed by atoms with Crippen LogP contribution in [0.15, 0.2) is 41.6 Å². The van der Waals surface area contributed by atoms with Gasteiger partial charge in [-0.2, -0.15) is 4.31 Å². The van der Waals surface area contributed by atoms with Gasteiger partial charge < -0.3 is 9.30 Å². The molecule has 0 saturated carbocycles. The van der Waals surface area contributed by atoms with Crippen LogP contribution < -0.4 is 0 Å². The van der Waals surface area contributed by atoms with Crippen LogP contribution in [0.5, 0.6) is 0 Å². The van der Waals surface area contributed by atoms with Crippen LogP contribution in [0.25, 0.3) is 0 Å². The minimum atomic E-state index is -3.62. The fourth-order valence-electron chi connectivity index (χ4n) is 2.87. The van der Waals surface area contributed by atoms with Crippen molar-refractivity contribution < 1.29 is 17.9 Å². The maximum Gasteiger partial charge on any atom is 0.243 e. The molecule has 0 radical (unpaired) electrons. The standard InChI is InChI=1S/C16H19N3O4S/c1-12(20)13-4-6-14(7-5-13)24(21,22)19-10-16(11-19,23-3)15-17-8-9-18(15)2/h4-9H,10-11H2,1-3H3. The topological polar surface area (TPSA) is 81.5 Å². The van der Waals surface area contributed by atoms with Gasteiger partial charge >= 0.3 is 0 Å². The number of methoxy groups -OCH3 is 1. The first-order chi connectivity index (χ1) is 11.3. The van der Waals surface area contributed by atoms with E-state index in [2.05, 4.69) is 4.98 Å². The van der Waals surface area contributed by atoms with E-state index in [-0.39, 0.29) is 23.8 Å². The van der Waals surface area contributed by atoms with Gasteiger partial charge in [0.1, 0.15) is 5.82 Å². The molecule has 0 amide bonds. The predicted octanol–water partition coefficient (Wildman–Crippen LogP) is 1.17. The monoisotopic (exact) mass is 349 g/mol. The van der Waals surface area contributed by atoms with Crippen molar-refractivity contribution in [2.24, 2.45) is 7.05 Å². The number of nitrogens with zero attached hydrogens (tertiary/aromatic N) is 3. The summed E-state index contributed by atoms with van der Waals surface area (Å²) >= 11 is 0. The largest absolute Gasteiger partial charge is 0.367 e. The van der Waals surface area contributed by atoms with E-state index >= 15 is 0 Å². The predicted molar refractivity (Wildman–Crippen MR) is 87.1 cm³/mol. The molecule has 2 aromatic rings. The zero-order chi connectivity index (χ0) is 17.5. The highest BCUT2D eigenvalue weighted by Gasteiger charge is 2.52. The van der Waals surface area contributed by atoms with Crippen molar-refractivity contribution in [1.29, 1.82) is 0 Å². The number of rotatable bonds is 5. The van der Waals surface area contributed by atoms with Crippen molar-refractivity contribution in [3.8, 4) is 0 Å². The summed E-state index contributed by atoms with van der Waals surface area (Å²) in [6, 6.07) is 5.97. The Bertz CT molecular complexity index is 865. The number of Topliss-reactive ketones (excluding diaryl/α,β-unsaturated/α-hetero) is 1. The summed E-state index contributed by atoms with van der Waals surface area (Å²) in [5, 5.41) is 0. The van der Waals surface area contributed by atoms with Crippen LogP contribution in [0.1, 0.15) is 23.1 Å². The molecular formula is C16H19N3O4S. The minimum absolute atomic E-state index is 0.101. The van der Waals surface area contributed by atoms with Crippen LogP contribution in [0.2, 0.25) is 0 Å². The van der Waals surface area contributed by atoms with Crippen LogP contribution >= 0.6 is 0 Å². The first-order valence-electron chi connectivity index (χ1n) is 7.44. The Kier molecular flexibility index (Phi) is 4.06. The van der Waals surface area contributed by atoms with Gasteiger partial charge in [-0.3, -0.25) is 4.79 Å². The van der Waals surface area contributed by atoms with Crippen molar-refractivity contribution in [2.75, 3.05) is 20.2 Å². The number of ether oxygens (including phenoxy) is 1. The molecule has 2 heterocycles.